The first-order valence-electron chi connectivity index (χ1n) is 9.45. The van der Waals surface area contributed by atoms with Crippen molar-refractivity contribution >= 4 is 22.9 Å². The van der Waals surface area contributed by atoms with Gasteiger partial charge in [-0.1, -0.05) is 48.5 Å². The Hall–Kier alpha value is -2.54. The fraction of sp³-hybridized carbons (Fsp3) is 0.273. The molecule has 6 heteroatoms. The molecule has 2 heterocycles. The van der Waals surface area contributed by atoms with Gasteiger partial charge in [0.05, 0.1) is 26.3 Å². The molecule has 0 radical (unpaired) electrons. The van der Waals surface area contributed by atoms with Crippen molar-refractivity contribution in [3.8, 4) is 0 Å². The zero-order valence-electron chi connectivity index (χ0n) is 15.7. The van der Waals surface area contributed by atoms with Gasteiger partial charge in [0, 0.05) is 24.2 Å². The van der Waals surface area contributed by atoms with Crippen LogP contribution in [0.4, 0.5) is 5.69 Å². The second-order valence-electron chi connectivity index (χ2n) is 6.73. The van der Waals surface area contributed by atoms with E-state index in [0.29, 0.717) is 12.2 Å². The Kier molecular flexibility index (Phi) is 6.11. The molecule has 0 bridgehead atoms. The number of carbonyl (C=O) groups is 1. The summed E-state index contributed by atoms with van der Waals surface area (Å²) in [6.07, 6.45) is 0. The molecule has 0 aliphatic carbocycles. The smallest absolute Gasteiger partial charge is 0.278 e. The van der Waals surface area contributed by atoms with Crippen LogP contribution in [0.5, 0.6) is 0 Å². The molecule has 1 fully saturated rings. The summed E-state index contributed by atoms with van der Waals surface area (Å²) in [5.41, 5.74) is 2.47. The molecule has 3 aromatic rings. The first-order chi connectivity index (χ1) is 13.8. The van der Waals surface area contributed by atoms with Gasteiger partial charge in [0.2, 0.25) is 0 Å². The van der Waals surface area contributed by atoms with E-state index < -0.39 is 0 Å². The number of rotatable bonds is 6. The van der Waals surface area contributed by atoms with E-state index in [-0.39, 0.29) is 5.91 Å². The molecule has 4 rings (SSSR count). The number of nitrogens with zero attached hydrogens (tertiary/aromatic N) is 3. The molecule has 0 unspecified atom stereocenters. The van der Waals surface area contributed by atoms with Crippen molar-refractivity contribution in [3.05, 3.63) is 82.3 Å². The van der Waals surface area contributed by atoms with Gasteiger partial charge in [-0.2, -0.15) is 0 Å². The second-order valence-corrected chi connectivity index (χ2v) is 7.67. The molecular weight excluding hydrogens is 370 g/mol. The molecule has 2 aromatic carbocycles. The van der Waals surface area contributed by atoms with Crippen LogP contribution >= 0.6 is 11.3 Å². The van der Waals surface area contributed by atoms with Gasteiger partial charge in [-0.25, -0.2) is 4.98 Å². The van der Waals surface area contributed by atoms with Crippen LogP contribution in [-0.2, 0) is 17.8 Å². The topological polar surface area (TPSA) is 45.7 Å². The molecule has 1 aliphatic rings. The van der Waals surface area contributed by atoms with Crippen LogP contribution in [0.1, 0.15) is 21.1 Å². The highest BCUT2D eigenvalue weighted by atomic mass is 32.1. The Bertz CT molecular complexity index is 892. The third-order valence-electron chi connectivity index (χ3n) is 4.73. The van der Waals surface area contributed by atoms with Gasteiger partial charge in [-0.3, -0.25) is 9.69 Å². The summed E-state index contributed by atoms with van der Waals surface area (Å²) in [6, 6.07) is 19.8. The Balaban J connectivity index is 1.53. The van der Waals surface area contributed by atoms with E-state index in [1.807, 2.05) is 66.0 Å². The zero-order chi connectivity index (χ0) is 19.2. The first-order valence-corrected chi connectivity index (χ1v) is 10.3. The van der Waals surface area contributed by atoms with Gasteiger partial charge in [-0.05, 0) is 17.7 Å². The Morgan fingerprint density at radius 2 is 1.71 bits per heavy atom. The molecule has 0 N–H and O–H groups in total. The number of thiazole rings is 1. The summed E-state index contributed by atoms with van der Waals surface area (Å²) in [4.78, 5) is 22.0. The van der Waals surface area contributed by atoms with Crippen molar-refractivity contribution in [3.63, 3.8) is 0 Å². The highest BCUT2D eigenvalue weighted by molar-refractivity contribution is 7.09. The minimum Gasteiger partial charge on any atom is -0.379 e. The highest BCUT2D eigenvalue weighted by Crippen LogP contribution is 2.22. The van der Waals surface area contributed by atoms with Crippen LogP contribution < -0.4 is 4.90 Å². The summed E-state index contributed by atoms with van der Waals surface area (Å²) in [7, 11) is 0. The molecule has 28 heavy (non-hydrogen) atoms. The monoisotopic (exact) mass is 393 g/mol. The Labute approximate surface area is 169 Å². The molecule has 0 spiro atoms. The van der Waals surface area contributed by atoms with E-state index in [4.69, 9.17) is 4.74 Å². The predicted octanol–water partition coefficient (Wildman–Crippen LogP) is 3.82. The maximum absolute atomic E-state index is 13.3. The highest BCUT2D eigenvalue weighted by Gasteiger charge is 2.21. The average molecular weight is 394 g/mol. The van der Waals surface area contributed by atoms with E-state index in [2.05, 4.69) is 9.88 Å². The second kappa shape index (κ2) is 9.10. The Morgan fingerprint density at radius 3 is 2.43 bits per heavy atom. The van der Waals surface area contributed by atoms with Gasteiger partial charge in [0.15, 0.2) is 0 Å². The SMILES string of the molecule is O=C(c1csc(CN2CCOCC2)n1)N(Cc1ccccc1)c1ccccc1. The normalized spacial score (nSPS) is 14.7. The fourth-order valence-electron chi connectivity index (χ4n) is 3.22. The summed E-state index contributed by atoms with van der Waals surface area (Å²) in [6.45, 7) is 4.62. The molecule has 5 nitrogen and oxygen atoms in total. The molecule has 0 saturated carbocycles. The average Bonchev–Trinajstić information content (AvgIpc) is 3.22. The quantitative estimate of drug-likeness (QED) is 0.639. The summed E-state index contributed by atoms with van der Waals surface area (Å²) in [5, 5.41) is 2.84. The van der Waals surface area contributed by atoms with Crippen molar-refractivity contribution in [1.29, 1.82) is 0 Å². The van der Waals surface area contributed by atoms with Crippen molar-refractivity contribution < 1.29 is 9.53 Å². The van der Waals surface area contributed by atoms with E-state index >= 15 is 0 Å². The van der Waals surface area contributed by atoms with Crippen molar-refractivity contribution in [2.75, 3.05) is 31.2 Å². The van der Waals surface area contributed by atoms with E-state index in [9.17, 15) is 4.79 Å². The molecule has 144 valence electrons. The first kappa shape index (κ1) is 18.8. The minimum absolute atomic E-state index is 0.0699. The number of amides is 1. The molecule has 0 atom stereocenters. The van der Waals surface area contributed by atoms with Crippen molar-refractivity contribution in [1.82, 2.24) is 9.88 Å². The standard InChI is InChI=1S/C22H23N3O2S/c26-22(20-17-28-21(23-20)16-24-11-13-27-14-12-24)25(19-9-5-2-6-10-19)15-18-7-3-1-4-8-18/h1-10,17H,11-16H2. The molecule has 1 amide bonds. The lowest BCUT2D eigenvalue weighted by molar-refractivity contribution is 0.0341. The lowest BCUT2D eigenvalue weighted by Crippen LogP contribution is -2.35. The number of aromatic nitrogens is 1. The van der Waals surface area contributed by atoms with Crippen LogP contribution in [0, 0.1) is 0 Å². The number of hydrogen-bond donors (Lipinski definition) is 0. The molecule has 1 aromatic heterocycles. The zero-order valence-corrected chi connectivity index (χ0v) is 16.5. The van der Waals surface area contributed by atoms with Gasteiger partial charge >= 0.3 is 0 Å². The number of carbonyl (C=O) groups excluding carboxylic acids is 1. The molecule has 1 aliphatic heterocycles. The van der Waals surface area contributed by atoms with Gasteiger partial charge in [-0.15, -0.1) is 11.3 Å². The van der Waals surface area contributed by atoms with Crippen LogP contribution in [0.2, 0.25) is 0 Å². The van der Waals surface area contributed by atoms with Crippen molar-refractivity contribution in [2.24, 2.45) is 0 Å². The number of hydrogen-bond acceptors (Lipinski definition) is 5. The number of anilines is 1. The number of para-hydroxylation sites is 1. The largest absolute Gasteiger partial charge is 0.379 e. The minimum atomic E-state index is -0.0699. The lowest BCUT2D eigenvalue weighted by Gasteiger charge is -2.25. The Morgan fingerprint density at radius 1 is 1.04 bits per heavy atom. The molecule has 1 saturated heterocycles. The number of ether oxygens (including phenoxy) is 1. The van der Waals surface area contributed by atoms with Gasteiger partial charge < -0.3 is 9.64 Å². The van der Waals surface area contributed by atoms with Gasteiger partial charge in [0.1, 0.15) is 10.7 Å². The lowest BCUT2D eigenvalue weighted by atomic mass is 10.2. The van der Waals surface area contributed by atoms with Crippen LogP contribution in [-0.4, -0.2) is 42.1 Å². The maximum atomic E-state index is 13.3. The summed E-state index contributed by atoms with van der Waals surface area (Å²) >= 11 is 1.55. The fourth-order valence-corrected chi connectivity index (χ4v) is 4.03. The summed E-state index contributed by atoms with van der Waals surface area (Å²) < 4.78 is 5.40. The van der Waals surface area contributed by atoms with E-state index in [1.54, 1.807) is 16.2 Å². The van der Waals surface area contributed by atoms with Crippen LogP contribution in [0.15, 0.2) is 66.0 Å². The number of benzene rings is 2. The number of morpholine rings is 1. The van der Waals surface area contributed by atoms with E-state index in [1.165, 1.54) is 0 Å². The van der Waals surface area contributed by atoms with Gasteiger partial charge in [0.25, 0.3) is 5.91 Å². The third kappa shape index (κ3) is 4.65. The third-order valence-corrected chi connectivity index (χ3v) is 5.56. The molecular formula is C22H23N3O2S. The van der Waals surface area contributed by atoms with Crippen molar-refractivity contribution in [2.45, 2.75) is 13.1 Å². The van der Waals surface area contributed by atoms with Crippen LogP contribution in [0.25, 0.3) is 0 Å². The predicted molar refractivity (Wildman–Crippen MR) is 112 cm³/mol. The maximum Gasteiger partial charge on any atom is 0.278 e. The summed E-state index contributed by atoms with van der Waals surface area (Å²) in [5.74, 6) is -0.0699. The van der Waals surface area contributed by atoms with Crippen LogP contribution in [0.3, 0.4) is 0 Å². The van der Waals surface area contributed by atoms with E-state index in [0.717, 1.165) is 49.1 Å².